The summed E-state index contributed by atoms with van der Waals surface area (Å²) in [4.78, 5) is 2.49. The van der Waals surface area contributed by atoms with E-state index >= 15 is 0 Å². The van der Waals surface area contributed by atoms with Gasteiger partial charge in [-0.1, -0.05) is 25.3 Å². The standard InChI is InChI=1S/C17H26N2/c18-16-10-9-15(14-7-3-1-4-8-14)13-17(16)19-11-5-2-6-12-19/h9-10,13-14H,1-8,11-12,18H2. The summed E-state index contributed by atoms with van der Waals surface area (Å²) in [6.07, 6.45) is 10.9. The highest BCUT2D eigenvalue weighted by Gasteiger charge is 2.19. The van der Waals surface area contributed by atoms with Crippen LogP contribution in [0.3, 0.4) is 0 Å². The topological polar surface area (TPSA) is 29.3 Å². The van der Waals surface area contributed by atoms with Crippen LogP contribution in [0.4, 0.5) is 11.4 Å². The van der Waals surface area contributed by atoms with Gasteiger partial charge in [0.15, 0.2) is 0 Å². The van der Waals surface area contributed by atoms with Gasteiger partial charge in [0.05, 0.1) is 11.4 Å². The van der Waals surface area contributed by atoms with Crippen LogP contribution < -0.4 is 10.6 Å². The highest BCUT2D eigenvalue weighted by Crippen LogP contribution is 2.36. The Bertz CT molecular complexity index is 415. The summed E-state index contributed by atoms with van der Waals surface area (Å²) >= 11 is 0. The SMILES string of the molecule is Nc1ccc(C2CCCCC2)cc1N1CCCCC1. The molecule has 0 atom stereocenters. The van der Waals surface area contributed by atoms with Crippen LogP contribution in [0.1, 0.15) is 62.8 Å². The Balaban J connectivity index is 1.82. The number of nitrogens with zero attached hydrogens (tertiary/aromatic N) is 1. The number of nitrogen functional groups attached to an aromatic ring is 1. The Morgan fingerprint density at radius 3 is 2.32 bits per heavy atom. The highest BCUT2D eigenvalue weighted by atomic mass is 15.1. The van der Waals surface area contributed by atoms with Crippen molar-refractivity contribution >= 4 is 11.4 Å². The van der Waals surface area contributed by atoms with Crippen LogP contribution in [0.5, 0.6) is 0 Å². The third-order valence-corrected chi connectivity index (χ3v) is 4.83. The van der Waals surface area contributed by atoms with E-state index in [0.717, 1.165) is 11.6 Å². The lowest BCUT2D eigenvalue weighted by atomic mass is 9.84. The first-order valence-corrected chi connectivity index (χ1v) is 7.99. The average molecular weight is 258 g/mol. The largest absolute Gasteiger partial charge is 0.397 e. The zero-order valence-corrected chi connectivity index (χ0v) is 11.9. The van der Waals surface area contributed by atoms with Crippen molar-refractivity contribution < 1.29 is 0 Å². The van der Waals surface area contributed by atoms with Crippen molar-refractivity contribution in [3.8, 4) is 0 Å². The van der Waals surface area contributed by atoms with Gasteiger partial charge in [-0.3, -0.25) is 0 Å². The van der Waals surface area contributed by atoms with E-state index in [1.165, 1.54) is 75.7 Å². The van der Waals surface area contributed by atoms with Gasteiger partial charge < -0.3 is 10.6 Å². The van der Waals surface area contributed by atoms with Crippen molar-refractivity contribution in [2.24, 2.45) is 0 Å². The van der Waals surface area contributed by atoms with Crippen molar-refractivity contribution in [1.82, 2.24) is 0 Å². The molecule has 1 heterocycles. The number of rotatable bonds is 2. The van der Waals surface area contributed by atoms with Crippen LogP contribution in [0, 0.1) is 0 Å². The molecule has 1 saturated carbocycles. The second-order valence-electron chi connectivity index (χ2n) is 6.20. The molecule has 0 aromatic heterocycles. The lowest BCUT2D eigenvalue weighted by Gasteiger charge is -2.31. The Morgan fingerprint density at radius 2 is 1.58 bits per heavy atom. The maximum atomic E-state index is 6.21. The van der Waals surface area contributed by atoms with Crippen LogP contribution in [0.15, 0.2) is 18.2 Å². The van der Waals surface area contributed by atoms with E-state index in [1.54, 1.807) is 0 Å². The van der Waals surface area contributed by atoms with Crippen molar-refractivity contribution in [1.29, 1.82) is 0 Å². The van der Waals surface area contributed by atoms with E-state index in [9.17, 15) is 0 Å². The fourth-order valence-corrected chi connectivity index (χ4v) is 3.66. The molecule has 0 radical (unpaired) electrons. The minimum Gasteiger partial charge on any atom is -0.397 e. The number of piperidine rings is 1. The molecule has 2 nitrogen and oxygen atoms in total. The highest BCUT2D eigenvalue weighted by molar-refractivity contribution is 5.69. The molecule has 1 aromatic carbocycles. The van der Waals surface area contributed by atoms with Gasteiger partial charge in [0, 0.05) is 13.1 Å². The number of anilines is 2. The van der Waals surface area contributed by atoms with Gasteiger partial charge in [-0.2, -0.15) is 0 Å². The first-order valence-electron chi connectivity index (χ1n) is 7.99. The summed E-state index contributed by atoms with van der Waals surface area (Å²) in [5, 5.41) is 0. The van der Waals surface area contributed by atoms with Gasteiger partial charge in [0.2, 0.25) is 0 Å². The van der Waals surface area contributed by atoms with Crippen molar-refractivity contribution in [2.45, 2.75) is 57.3 Å². The molecular weight excluding hydrogens is 232 g/mol. The molecule has 2 N–H and O–H groups in total. The minimum absolute atomic E-state index is 0.776. The molecule has 0 unspecified atom stereocenters. The molecule has 0 spiro atoms. The summed E-state index contributed by atoms with van der Waals surface area (Å²) < 4.78 is 0. The molecule has 3 rings (SSSR count). The second kappa shape index (κ2) is 5.85. The Labute approximate surface area is 117 Å². The zero-order valence-electron chi connectivity index (χ0n) is 11.9. The fraction of sp³-hybridized carbons (Fsp3) is 0.647. The number of benzene rings is 1. The van der Waals surface area contributed by atoms with E-state index in [4.69, 9.17) is 5.73 Å². The molecule has 0 bridgehead atoms. The van der Waals surface area contributed by atoms with Crippen molar-refractivity contribution in [2.75, 3.05) is 23.7 Å². The van der Waals surface area contributed by atoms with Gasteiger partial charge >= 0.3 is 0 Å². The van der Waals surface area contributed by atoms with Crippen molar-refractivity contribution in [3.63, 3.8) is 0 Å². The quantitative estimate of drug-likeness (QED) is 0.801. The molecule has 0 amide bonds. The Kier molecular flexibility index (Phi) is 3.95. The molecule has 1 aromatic rings. The lowest BCUT2D eigenvalue weighted by molar-refractivity contribution is 0.443. The molecule has 1 aliphatic carbocycles. The first-order chi connectivity index (χ1) is 9.34. The number of nitrogens with two attached hydrogens (primary N) is 1. The lowest BCUT2D eigenvalue weighted by Crippen LogP contribution is -2.30. The van der Waals surface area contributed by atoms with Crippen LogP contribution >= 0.6 is 0 Å². The Hall–Kier alpha value is -1.18. The predicted octanol–water partition coefficient (Wildman–Crippen LogP) is 4.31. The normalized spacial score (nSPS) is 21.6. The van der Waals surface area contributed by atoms with Gasteiger partial charge in [-0.15, -0.1) is 0 Å². The summed E-state index contributed by atoms with van der Waals surface area (Å²) in [6, 6.07) is 6.78. The van der Waals surface area contributed by atoms with Crippen LogP contribution in [0.25, 0.3) is 0 Å². The second-order valence-corrected chi connectivity index (χ2v) is 6.20. The molecule has 2 fully saturated rings. The molecule has 2 heteroatoms. The summed E-state index contributed by atoms with van der Waals surface area (Å²) in [6.45, 7) is 2.36. The first kappa shape index (κ1) is 12.8. The third-order valence-electron chi connectivity index (χ3n) is 4.83. The van der Waals surface area contributed by atoms with Crippen LogP contribution in [-0.2, 0) is 0 Å². The average Bonchev–Trinajstić information content (AvgIpc) is 2.49. The maximum absolute atomic E-state index is 6.21. The third kappa shape index (κ3) is 2.88. The fourth-order valence-electron chi connectivity index (χ4n) is 3.66. The minimum atomic E-state index is 0.776. The summed E-state index contributed by atoms with van der Waals surface area (Å²) in [5.41, 5.74) is 9.98. The van der Waals surface area contributed by atoms with E-state index in [-0.39, 0.29) is 0 Å². The molecule has 1 aliphatic heterocycles. The summed E-state index contributed by atoms with van der Waals surface area (Å²) in [7, 11) is 0. The van der Waals surface area contributed by atoms with Gasteiger partial charge in [0.25, 0.3) is 0 Å². The van der Waals surface area contributed by atoms with E-state index in [1.807, 2.05) is 0 Å². The molecule has 2 aliphatic rings. The molecular formula is C17H26N2. The van der Waals surface area contributed by atoms with Crippen molar-refractivity contribution in [3.05, 3.63) is 23.8 Å². The number of hydrogen-bond acceptors (Lipinski definition) is 2. The monoisotopic (exact) mass is 258 g/mol. The molecule has 1 saturated heterocycles. The van der Waals surface area contributed by atoms with Gasteiger partial charge in [-0.25, -0.2) is 0 Å². The van der Waals surface area contributed by atoms with E-state index in [0.29, 0.717) is 0 Å². The van der Waals surface area contributed by atoms with E-state index in [2.05, 4.69) is 23.1 Å². The van der Waals surface area contributed by atoms with Gasteiger partial charge in [-0.05, 0) is 55.7 Å². The predicted molar refractivity (Wildman–Crippen MR) is 82.7 cm³/mol. The van der Waals surface area contributed by atoms with E-state index < -0.39 is 0 Å². The molecule has 104 valence electrons. The smallest absolute Gasteiger partial charge is 0.0602 e. The van der Waals surface area contributed by atoms with Crippen LogP contribution in [-0.4, -0.2) is 13.1 Å². The van der Waals surface area contributed by atoms with Gasteiger partial charge in [0.1, 0.15) is 0 Å². The Morgan fingerprint density at radius 1 is 0.895 bits per heavy atom. The molecule has 19 heavy (non-hydrogen) atoms. The zero-order chi connectivity index (χ0) is 13.1. The maximum Gasteiger partial charge on any atom is 0.0602 e. The summed E-state index contributed by atoms with van der Waals surface area (Å²) in [5.74, 6) is 0.776. The van der Waals surface area contributed by atoms with Crippen LogP contribution in [0.2, 0.25) is 0 Å². The number of hydrogen-bond donors (Lipinski definition) is 1.